The van der Waals surface area contributed by atoms with Crippen LogP contribution in [-0.2, 0) is 16.2 Å². The summed E-state index contributed by atoms with van der Waals surface area (Å²) in [5, 5.41) is 6.01. The molecule has 0 spiro atoms. The molecule has 1 aliphatic rings. The van der Waals surface area contributed by atoms with Crippen molar-refractivity contribution in [2.24, 2.45) is 0 Å². The van der Waals surface area contributed by atoms with Gasteiger partial charge in [-0.3, -0.25) is 0 Å². The Morgan fingerprint density at radius 1 is 1.09 bits per heavy atom. The van der Waals surface area contributed by atoms with Gasteiger partial charge in [0.05, 0.1) is 17.6 Å². The Morgan fingerprint density at radius 3 is 2.67 bits per heavy atom. The van der Waals surface area contributed by atoms with E-state index in [9.17, 15) is 21.6 Å². The van der Waals surface area contributed by atoms with Gasteiger partial charge in [-0.15, -0.1) is 0 Å². The van der Waals surface area contributed by atoms with E-state index in [1.165, 1.54) is 31.5 Å². The summed E-state index contributed by atoms with van der Waals surface area (Å²) in [5.74, 6) is 0.499. The van der Waals surface area contributed by atoms with Gasteiger partial charge in [-0.25, -0.2) is 18.1 Å². The van der Waals surface area contributed by atoms with Gasteiger partial charge in [0, 0.05) is 30.5 Å². The highest BCUT2D eigenvalue weighted by atomic mass is 32.2. The second kappa shape index (κ2) is 8.87. The van der Waals surface area contributed by atoms with Crippen molar-refractivity contribution in [3.05, 3.63) is 54.2 Å². The average Bonchev–Trinajstić information content (AvgIpc) is 2.78. The molecule has 1 aromatic heterocycles. The summed E-state index contributed by atoms with van der Waals surface area (Å²) in [6.45, 7) is 0.483. The molecule has 4 bridgehead atoms. The van der Waals surface area contributed by atoms with Gasteiger partial charge in [-0.1, -0.05) is 6.07 Å². The molecule has 0 unspecified atom stereocenters. The monoisotopic (exact) mass is 479 g/mol. The second-order valence-corrected chi connectivity index (χ2v) is 9.00. The molecule has 3 aromatic rings. The summed E-state index contributed by atoms with van der Waals surface area (Å²) < 4.78 is 72.7. The van der Waals surface area contributed by atoms with Crippen LogP contribution in [0.5, 0.6) is 5.75 Å². The van der Waals surface area contributed by atoms with Crippen molar-refractivity contribution < 1.29 is 26.3 Å². The number of sulfonamides is 1. The van der Waals surface area contributed by atoms with E-state index in [1.54, 1.807) is 12.1 Å². The van der Waals surface area contributed by atoms with Crippen molar-refractivity contribution in [3.8, 4) is 16.9 Å². The van der Waals surface area contributed by atoms with Gasteiger partial charge in [-0.05, 0) is 48.4 Å². The minimum atomic E-state index is -4.56. The van der Waals surface area contributed by atoms with Crippen molar-refractivity contribution in [1.82, 2.24) is 14.7 Å². The number of rotatable bonds is 2. The van der Waals surface area contributed by atoms with Crippen molar-refractivity contribution in [3.63, 3.8) is 0 Å². The van der Waals surface area contributed by atoms with Crippen LogP contribution in [0, 0.1) is 0 Å². The number of anilines is 3. The van der Waals surface area contributed by atoms with Crippen molar-refractivity contribution in [2.75, 3.05) is 30.8 Å². The smallest absolute Gasteiger partial charge is 0.416 e. The summed E-state index contributed by atoms with van der Waals surface area (Å²) in [5.41, 5.74) is 0.149. The van der Waals surface area contributed by atoms with Crippen LogP contribution in [0.2, 0.25) is 0 Å². The van der Waals surface area contributed by atoms with E-state index < -0.39 is 21.8 Å². The fraction of sp³-hybridized carbons (Fsp3) is 0.238. The van der Waals surface area contributed by atoms with Gasteiger partial charge in [0.15, 0.2) is 0 Å². The molecule has 2 heterocycles. The highest BCUT2D eigenvalue weighted by molar-refractivity contribution is 7.89. The fourth-order valence-corrected chi connectivity index (χ4v) is 4.40. The standard InChI is InChI=1S/C21H20F3N5O3S/c1-32-16-9-13(8-14(10-16)21(22,23)24)18-12-26-20-28-15-4-2-5-17(11-15)33(30,31)27-7-3-6-25-19(18)29-20/h2,4-5,8-12,27H,3,6-7H2,1H3,(H2,25,26,28,29). The molecule has 2 aromatic carbocycles. The summed E-state index contributed by atoms with van der Waals surface area (Å²) in [6.07, 6.45) is -2.74. The van der Waals surface area contributed by atoms with Crippen molar-refractivity contribution in [2.45, 2.75) is 17.5 Å². The molecule has 0 saturated heterocycles. The highest BCUT2D eigenvalue weighted by Crippen LogP contribution is 2.37. The van der Waals surface area contributed by atoms with E-state index in [4.69, 9.17) is 4.74 Å². The van der Waals surface area contributed by atoms with Crippen LogP contribution < -0.4 is 20.1 Å². The number of methoxy groups -OCH3 is 1. The molecule has 0 fully saturated rings. The van der Waals surface area contributed by atoms with Gasteiger partial charge >= 0.3 is 6.18 Å². The first-order valence-corrected chi connectivity index (χ1v) is 11.4. The van der Waals surface area contributed by atoms with Gasteiger partial charge in [0.1, 0.15) is 11.6 Å². The van der Waals surface area contributed by atoms with Crippen LogP contribution in [0.15, 0.2) is 53.6 Å². The summed E-state index contributed by atoms with van der Waals surface area (Å²) in [7, 11) is -2.40. The normalized spacial score (nSPS) is 15.8. The molecule has 0 radical (unpaired) electrons. The van der Waals surface area contributed by atoms with Gasteiger partial charge < -0.3 is 15.4 Å². The number of nitrogens with zero attached hydrogens (tertiary/aromatic N) is 2. The molecule has 1 aliphatic heterocycles. The SMILES string of the molecule is COc1cc(-c2cnc3nc2NCCCNS(=O)(=O)c2cccc(c2)N3)cc(C(F)(F)F)c1. The second-order valence-electron chi connectivity index (χ2n) is 7.23. The molecule has 8 nitrogen and oxygen atoms in total. The summed E-state index contributed by atoms with van der Waals surface area (Å²) in [4.78, 5) is 8.74. The predicted octanol–water partition coefficient (Wildman–Crippen LogP) is 4.01. The molecule has 174 valence electrons. The lowest BCUT2D eigenvalue weighted by atomic mass is 10.0. The molecular weight excluding hydrogens is 459 g/mol. The summed E-state index contributed by atoms with van der Waals surface area (Å²) in [6, 6.07) is 9.55. The molecule has 33 heavy (non-hydrogen) atoms. The lowest BCUT2D eigenvalue weighted by molar-refractivity contribution is -0.137. The Balaban J connectivity index is 1.78. The Hall–Kier alpha value is -3.38. The average molecular weight is 479 g/mol. The lowest BCUT2D eigenvalue weighted by Gasteiger charge is -2.15. The first-order chi connectivity index (χ1) is 15.7. The van der Waals surface area contributed by atoms with Gasteiger partial charge in [0.2, 0.25) is 16.0 Å². The van der Waals surface area contributed by atoms with E-state index in [-0.39, 0.29) is 28.7 Å². The molecule has 0 saturated carbocycles. The maximum Gasteiger partial charge on any atom is 0.416 e. The number of benzene rings is 2. The maximum atomic E-state index is 13.4. The number of ether oxygens (including phenoxy) is 1. The zero-order chi connectivity index (χ0) is 23.6. The molecule has 3 N–H and O–H groups in total. The largest absolute Gasteiger partial charge is 0.497 e. The number of halogens is 3. The molecule has 0 aliphatic carbocycles. The van der Waals surface area contributed by atoms with E-state index >= 15 is 0 Å². The van der Waals surface area contributed by atoms with Crippen molar-refractivity contribution in [1.29, 1.82) is 0 Å². The van der Waals surface area contributed by atoms with Crippen molar-refractivity contribution >= 4 is 27.5 Å². The molecular formula is C21H20F3N5O3S. The number of alkyl halides is 3. The number of hydrogen-bond donors (Lipinski definition) is 3. The fourth-order valence-electron chi connectivity index (χ4n) is 3.28. The Morgan fingerprint density at radius 2 is 1.91 bits per heavy atom. The van der Waals surface area contributed by atoms with Crippen LogP contribution >= 0.6 is 0 Å². The third kappa shape index (κ3) is 5.17. The lowest BCUT2D eigenvalue weighted by Crippen LogP contribution is -2.26. The third-order valence-electron chi connectivity index (χ3n) is 4.91. The zero-order valence-corrected chi connectivity index (χ0v) is 18.2. The topological polar surface area (TPSA) is 105 Å². The zero-order valence-electron chi connectivity index (χ0n) is 17.4. The number of nitrogens with one attached hydrogen (secondary N) is 3. The minimum absolute atomic E-state index is 0.0464. The molecule has 12 heteroatoms. The van der Waals surface area contributed by atoms with Crippen LogP contribution in [0.1, 0.15) is 12.0 Å². The molecule has 0 amide bonds. The number of hydrogen-bond acceptors (Lipinski definition) is 7. The van der Waals surface area contributed by atoms with Crippen LogP contribution in [0.4, 0.5) is 30.6 Å². The maximum absolute atomic E-state index is 13.4. The Labute approximate surface area is 188 Å². The van der Waals surface area contributed by atoms with Crippen LogP contribution in [0.3, 0.4) is 0 Å². The Kier molecular flexibility index (Phi) is 6.13. The van der Waals surface area contributed by atoms with Crippen LogP contribution in [0.25, 0.3) is 11.1 Å². The third-order valence-corrected chi connectivity index (χ3v) is 6.37. The number of fused-ring (bicyclic) bond motifs is 4. The van der Waals surface area contributed by atoms with Crippen LogP contribution in [-0.4, -0.2) is 38.6 Å². The summed E-state index contributed by atoms with van der Waals surface area (Å²) >= 11 is 0. The molecule has 4 rings (SSSR count). The number of aromatic nitrogens is 2. The van der Waals surface area contributed by atoms with E-state index in [1.807, 2.05) is 0 Å². The van der Waals surface area contributed by atoms with Gasteiger partial charge in [0.25, 0.3) is 0 Å². The first-order valence-electron chi connectivity index (χ1n) is 9.90. The van der Waals surface area contributed by atoms with E-state index in [0.29, 0.717) is 30.0 Å². The Bertz CT molecular complexity index is 1280. The first kappa shape index (κ1) is 22.8. The predicted molar refractivity (Wildman–Crippen MR) is 117 cm³/mol. The van der Waals surface area contributed by atoms with E-state index in [0.717, 1.165) is 12.1 Å². The molecule has 0 atom stereocenters. The highest BCUT2D eigenvalue weighted by Gasteiger charge is 2.32. The minimum Gasteiger partial charge on any atom is -0.497 e. The quantitative estimate of drug-likeness (QED) is 0.510. The van der Waals surface area contributed by atoms with E-state index in [2.05, 4.69) is 25.3 Å². The van der Waals surface area contributed by atoms with Gasteiger partial charge in [-0.2, -0.15) is 18.2 Å².